The van der Waals surface area contributed by atoms with Crippen LogP contribution in [0.2, 0.25) is 0 Å². The van der Waals surface area contributed by atoms with Gasteiger partial charge in [0.15, 0.2) is 5.82 Å². The lowest BCUT2D eigenvalue weighted by atomic mass is 10.1. The molecule has 0 unspecified atom stereocenters. The van der Waals surface area contributed by atoms with Crippen LogP contribution in [0.25, 0.3) is 11.3 Å². The van der Waals surface area contributed by atoms with Crippen LogP contribution >= 0.6 is 0 Å². The zero-order chi connectivity index (χ0) is 17.9. The predicted octanol–water partition coefficient (Wildman–Crippen LogP) is 3.47. The minimum atomic E-state index is 0.234. The second kappa shape index (κ2) is 6.76. The standard InChI is InChI=1S/C20H18N4O2/c21-20-17(12-26-23-20)19-18(10-14-5-2-1-3-6-14)22-13-24(19)11-15-7-4-8-16(25)9-15/h1-9,12-13,25H,10-11H2,(H2,21,23). The van der Waals surface area contributed by atoms with Crippen molar-refractivity contribution < 1.29 is 9.63 Å². The summed E-state index contributed by atoms with van der Waals surface area (Å²) in [6.07, 6.45) is 4.00. The van der Waals surface area contributed by atoms with Gasteiger partial charge in [-0.15, -0.1) is 0 Å². The van der Waals surface area contributed by atoms with Crippen LogP contribution < -0.4 is 5.73 Å². The fourth-order valence-corrected chi connectivity index (χ4v) is 3.05. The molecule has 6 heteroatoms. The van der Waals surface area contributed by atoms with E-state index in [1.54, 1.807) is 24.7 Å². The van der Waals surface area contributed by atoms with E-state index in [0.29, 0.717) is 24.3 Å². The third-order valence-corrected chi connectivity index (χ3v) is 4.24. The number of nitrogens with two attached hydrogens (primary N) is 1. The molecule has 6 nitrogen and oxygen atoms in total. The van der Waals surface area contributed by atoms with Crippen molar-refractivity contribution in [3.63, 3.8) is 0 Å². The van der Waals surface area contributed by atoms with E-state index in [4.69, 9.17) is 10.3 Å². The van der Waals surface area contributed by atoms with E-state index in [1.165, 1.54) is 0 Å². The second-order valence-corrected chi connectivity index (χ2v) is 6.11. The Morgan fingerprint density at radius 2 is 1.85 bits per heavy atom. The lowest BCUT2D eigenvalue weighted by Crippen LogP contribution is -2.03. The topological polar surface area (TPSA) is 90.1 Å². The Bertz CT molecular complexity index is 1020. The molecular weight excluding hydrogens is 328 g/mol. The first kappa shape index (κ1) is 16.0. The Labute approximate surface area is 150 Å². The largest absolute Gasteiger partial charge is 0.508 e. The van der Waals surface area contributed by atoms with E-state index in [0.717, 1.165) is 22.5 Å². The van der Waals surface area contributed by atoms with Crippen LogP contribution in [0.4, 0.5) is 5.82 Å². The number of nitrogens with zero attached hydrogens (tertiary/aromatic N) is 3. The molecule has 4 aromatic rings. The second-order valence-electron chi connectivity index (χ2n) is 6.11. The van der Waals surface area contributed by atoms with Crippen molar-refractivity contribution in [2.45, 2.75) is 13.0 Å². The Morgan fingerprint density at radius 3 is 2.58 bits per heavy atom. The molecule has 0 aliphatic carbocycles. The van der Waals surface area contributed by atoms with Gasteiger partial charge in [0.2, 0.25) is 0 Å². The number of aromatic hydroxyl groups is 1. The SMILES string of the molecule is Nc1nocc1-c1c(Cc2ccccc2)ncn1Cc1cccc(O)c1. The first-order chi connectivity index (χ1) is 12.7. The lowest BCUT2D eigenvalue weighted by molar-refractivity contribution is 0.423. The minimum absolute atomic E-state index is 0.234. The van der Waals surface area contributed by atoms with Crippen LogP contribution in [0.5, 0.6) is 5.75 Å². The van der Waals surface area contributed by atoms with Gasteiger partial charge in [-0.2, -0.15) is 0 Å². The number of phenols is 1. The zero-order valence-corrected chi connectivity index (χ0v) is 14.0. The van der Waals surface area contributed by atoms with Crippen molar-refractivity contribution in [3.8, 4) is 17.0 Å². The zero-order valence-electron chi connectivity index (χ0n) is 14.0. The summed E-state index contributed by atoms with van der Waals surface area (Å²) in [5.41, 5.74) is 10.6. The van der Waals surface area contributed by atoms with Gasteiger partial charge < -0.3 is 19.9 Å². The summed E-state index contributed by atoms with van der Waals surface area (Å²) in [6, 6.07) is 17.3. The summed E-state index contributed by atoms with van der Waals surface area (Å²) in [7, 11) is 0. The first-order valence-electron chi connectivity index (χ1n) is 8.27. The van der Waals surface area contributed by atoms with Crippen LogP contribution in [0.3, 0.4) is 0 Å². The van der Waals surface area contributed by atoms with Crippen LogP contribution in [-0.4, -0.2) is 19.8 Å². The van der Waals surface area contributed by atoms with Gasteiger partial charge in [0.1, 0.15) is 12.0 Å². The van der Waals surface area contributed by atoms with E-state index in [-0.39, 0.29) is 5.75 Å². The molecule has 26 heavy (non-hydrogen) atoms. The summed E-state index contributed by atoms with van der Waals surface area (Å²) in [6.45, 7) is 0.552. The number of phenolic OH excluding ortho intramolecular Hbond substituents is 1. The van der Waals surface area contributed by atoms with Crippen molar-refractivity contribution in [1.29, 1.82) is 0 Å². The van der Waals surface area contributed by atoms with Gasteiger partial charge in [-0.25, -0.2) is 4.98 Å². The summed E-state index contributed by atoms with van der Waals surface area (Å²) < 4.78 is 7.04. The third-order valence-electron chi connectivity index (χ3n) is 4.24. The van der Waals surface area contributed by atoms with Crippen molar-refractivity contribution >= 4 is 5.82 Å². The number of anilines is 1. The van der Waals surface area contributed by atoms with Crippen LogP contribution in [0.1, 0.15) is 16.8 Å². The molecular formula is C20H18N4O2. The summed E-state index contributed by atoms with van der Waals surface area (Å²) in [5, 5.41) is 13.5. The maximum Gasteiger partial charge on any atom is 0.176 e. The first-order valence-corrected chi connectivity index (χ1v) is 8.27. The van der Waals surface area contributed by atoms with Gasteiger partial charge in [-0.3, -0.25) is 0 Å². The Morgan fingerprint density at radius 1 is 1.04 bits per heavy atom. The van der Waals surface area contributed by atoms with Crippen molar-refractivity contribution in [3.05, 3.63) is 84.0 Å². The molecule has 4 rings (SSSR count). The van der Waals surface area contributed by atoms with Crippen LogP contribution in [0, 0.1) is 0 Å². The van der Waals surface area contributed by atoms with Gasteiger partial charge in [-0.1, -0.05) is 47.6 Å². The number of hydrogen-bond acceptors (Lipinski definition) is 5. The molecule has 0 aliphatic rings. The summed E-state index contributed by atoms with van der Waals surface area (Å²) in [5.74, 6) is 0.565. The molecule has 0 radical (unpaired) electrons. The Hall–Kier alpha value is -3.54. The molecule has 130 valence electrons. The Kier molecular flexibility index (Phi) is 4.15. The highest BCUT2D eigenvalue weighted by Crippen LogP contribution is 2.30. The van der Waals surface area contributed by atoms with Crippen molar-refractivity contribution in [2.24, 2.45) is 0 Å². The van der Waals surface area contributed by atoms with Gasteiger partial charge in [0.25, 0.3) is 0 Å². The number of benzene rings is 2. The Balaban J connectivity index is 1.76. The van der Waals surface area contributed by atoms with Gasteiger partial charge >= 0.3 is 0 Å². The van der Waals surface area contributed by atoms with E-state index >= 15 is 0 Å². The average molecular weight is 346 g/mol. The monoisotopic (exact) mass is 346 g/mol. The fourth-order valence-electron chi connectivity index (χ4n) is 3.05. The quantitative estimate of drug-likeness (QED) is 0.577. The molecule has 0 saturated heterocycles. The van der Waals surface area contributed by atoms with E-state index in [9.17, 15) is 5.11 Å². The molecule has 0 amide bonds. The maximum absolute atomic E-state index is 9.72. The summed E-state index contributed by atoms with van der Waals surface area (Å²) >= 11 is 0. The number of rotatable bonds is 5. The lowest BCUT2D eigenvalue weighted by Gasteiger charge is -2.10. The van der Waals surface area contributed by atoms with E-state index < -0.39 is 0 Å². The maximum atomic E-state index is 9.72. The average Bonchev–Trinajstić information content (AvgIpc) is 3.22. The molecule has 0 spiro atoms. The van der Waals surface area contributed by atoms with Gasteiger partial charge in [0.05, 0.1) is 23.3 Å². The van der Waals surface area contributed by atoms with Crippen molar-refractivity contribution in [2.75, 3.05) is 5.73 Å². The molecule has 2 heterocycles. The number of nitrogen functional groups attached to an aromatic ring is 1. The molecule has 0 atom stereocenters. The number of imidazole rings is 1. The molecule has 0 saturated carbocycles. The van der Waals surface area contributed by atoms with Crippen LogP contribution in [0.15, 0.2) is 71.7 Å². The predicted molar refractivity (Wildman–Crippen MR) is 98.6 cm³/mol. The highest BCUT2D eigenvalue weighted by atomic mass is 16.5. The van der Waals surface area contributed by atoms with Crippen molar-refractivity contribution in [1.82, 2.24) is 14.7 Å². The third kappa shape index (κ3) is 3.17. The number of hydrogen-bond donors (Lipinski definition) is 2. The molecule has 3 N–H and O–H groups in total. The molecule has 0 aliphatic heterocycles. The molecule has 2 aromatic carbocycles. The van der Waals surface area contributed by atoms with Crippen LogP contribution in [-0.2, 0) is 13.0 Å². The van der Waals surface area contributed by atoms with E-state index in [2.05, 4.69) is 22.3 Å². The molecule has 2 aromatic heterocycles. The summed E-state index contributed by atoms with van der Waals surface area (Å²) in [4.78, 5) is 4.60. The van der Waals surface area contributed by atoms with Gasteiger partial charge in [0, 0.05) is 13.0 Å². The molecule has 0 bridgehead atoms. The normalized spacial score (nSPS) is 10.9. The van der Waals surface area contributed by atoms with E-state index in [1.807, 2.05) is 34.9 Å². The van der Waals surface area contributed by atoms with Gasteiger partial charge in [-0.05, 0) is 23.3 Å². The highest BCUT2D eigenvalue weighted by molar-refractivity contribution is 5.72. The minimum Gasteiger partial charge on any atom is -0.508 e. The number of aromatic nitrogens is 3. The smallest absolute Gasteiger partial charge is 0.176 e. The molecule has 0 fully saturated rings. The fraction of sp³-hybridized carbons (Fsp3) is 0.100. The highest BCUT2D eigenvalue weighted by Gasteiger charge is 2.19.